The fourth-order valence-electron chi connectivity index (χ4n) is 2.73. The third kappa shape index (κ3) is 5.46. The van der Waals surface area contributed by atoms with E-state index in [-0.39, 0.29) is 28.8 Å². The summed E-state index contributed by atoms with van der Waals surface area (Å²) < 4.78 is 10.7. The standard InChI is InChI=1S/C20H19ClN2O6/c21-16-6-3-14(20(26)27)11-17(16)22-18(24)12-29-15-4-1-13(2-5-15)19(25)23-7-9-28-10-8-23/h1-6,11H,7-10,12H2,(H,22,24)(H,26,27). The topological polar surface area (TPSA) is 105 Å². The number of nitrogens with zero attached hydrogens (tertiary/aromatic N) is 1. The first-order valence-electron chi connectivity index (χ1n) is 8.86. The van der Waals surface area contributed by atoms with Gasteiger partial charge in [-0.25, -0.2) is 4.79 Å². The molecule has 29 heavy (non-hydrogen) atoms. The fourth-order valence-corrected chi connectivity index (χ4v) is 2.90. The van der Waals surface area contributed by atoms with E-state index in [0.29, 0.717) is 37.6 Å². The van der Waals surface area contributed by atoms with Crippen molar-refractivity contribution in [2.24, 2.45) is 0 Å². The Morgan fingerprint density at radius 2 is 1.72 bits per heavy atom. The van der Waals surface area contributed by atoms with E-state index in [1.807, 2.05) is 0 Å². The molecule has 0 aliphatic carbocycles. The van der Waals surface area contributed by atoms with Crippen LogP contribution >= 0.6 is 11.6 Å². The summed E-state index contributed by atoms with van der Waals surface area (Å²) in [4.78, 5) is 37.2. The number of carboxylic acid groups (broad SMARTS) is 1. The van der Waals surface area contributed by atoms with Crippen molar-refractivity contribution in [3.63, 3.8) is 0 Å². The second kappa shape index (κ2) is 9.40. The number of ether oxygens (including phenoxy) is 2. The van der Waals surface area contributed by atoms with E-state index in [4.69, 9.17) is 26.2 Å². The molecule has 2 aromatic rings. The van der Waals surface area contributed by atoms with Gasteiger partial charge < -0.3 is 24.8 Å². The van der Waals surface area contributed by atoms with Gasteiger partial charge in [0, 0.05) is 18.7 Å². The van der Waals surface area contributed by atoms with Crippen LogP contribution in [0.3, 0.4) is 0 Å². The van der Waals surface area contributed by atoms with E-state index in [1.165, 1.54) is 18.2 Å². The van der Waals surface area contributed by atoms with Gasteiger partial charge in [-0.2, -0.15) is 0 Å². The van der Waals surface area contributed by atoms with E-state index in [1.54, 1.807) is 29.2 Å². The molecular formula is C20H19ClN2O6. The summed E-state index contributed by atoms with van der Waals surface area (Å²) in [6.07, 6.45) is 0. The monoisotopic (exact) mass is 418 g/mol. The molecule has 9 heteroatoms. The zero-order valence-electron chi connectivity index (χ0n) is 15.4. The first-order chi connectivity index (χ1) is 13.9. The number of hydrogen-bond acceptors (Lipinski definition) is 5. The number of anilines is 1. The SMILES string of the molecule is O=C(COc1ccc(C(=O)N2CCOCC2)cc1)Nc1cc(C(=O)O)ccc1Cl. The first-order valence-corrected chi connectivity index (χ1v) is 9.24. The molecule has 0 unspecified atom stereocenters. The highest BCUT2D eigenvalue weighted by Gasteiger charge is 2.18. The Morgan fingerprint density at radius 1 is 1.07 bits per heavy atom. The zero-order valence-corrected chi connectivity index (χ0v) is 16.1. The average Bonchev–Trinajstić information content (AvgIpc) is 2.74. The van der Waals surface area contributed by atoms with Crippen molar-refractivity contribution in [3.8, 4) is 5.75 Å². The maximum absolute atomic E-state index is 12.4. The molecule has 3 rings (SSSR count). The summed E-state index contributed by atoms with van der Waals surface area (Å²) >= 11 is 5.98. The van der Waals surface area contributed by atoms with Crippen molar-refractivity contribution < 1.29 is 29.0 Å². The van der Waals surface area contributed by atoms with Crippen molar-refractivity contribution in [2.75, 3.05) is 38.2 Å². The highest BCUT2D eigenvalue weighted by molar-refractivity contribution is 6.33. The Labute approximate surface area is 172 Å². The smallest absolute Gasteiger partial charge is 0.335 e. The molecule has 8 nitrogen and oxygen atoms in total. The maximum Gasteiger partial charge on any atom is 0.335 e. The molecule has 2 N–H and O–H groups in total. The molecule has 0 bridgehead atoms. The lowest BCUT2D eigenvalue weighted by atomic mass is 10.2. The van der Waals surface area contributed by atoms with Crippen molar-refractivity contribution >= 4 is 35.1 Å². The summed E-state index contributed by atoms with van der Waals surface area (Å²) in [5.41, 5.74) is 0.721. The number of halogens is 1. The molecule has 2 amide bonds. The molecule has 2 aromatic carbocycles. The minimum absolute atomic E-state index is 0.00569. The molecule has 0 spiro atoms. The van der Waals surface area contributed by atoms with E-state index in [2.05, 4.69) is 5.32 Å². The Bertz CT molecular complexity index is 910. The van der Waals surface area contributed by atoms with Gasteiger partial charge in [-0.3, -0.25) is 9.59 Å². The summed E-state index contributed by atoms with van der Waals surface area (Å²) in [5.74, 6) is -1.28. The van der Waals surface area contributed by atoms with Crippen LogP contribution in [0.25, 0.3) is 0 Å². The van der Waals surface area contributed by atoms with Crippen LogP contribution < -0.4 is 10.1 Å². The van der Waals surface area contributed by atoms with Gasteiger partial charge in [-0.05, 0) is 42.5 Å². The van der Waals surface area contributed by atoms with Gasteiger partial charge in [-0.15, -0.1) is 0 Å². The summed E-state index contributed by atoms with van der Waals surface area (Å²) in [6.45, 7) is 1.87. The normalized spacial score (nSPS) is 13.6. The molecule has 1 heterocycles. The van der Waals surface area contributed by atoms with Crippen LogP contribution in [0.1, 0.15) is 20.7 Å². The van der Waals surface area contributed by atoms with Crippen molar-refractivity contribution in [2.45, 2.75) is 0 Å². The molecule has 152 valence electrons. The van der Waals surface area contributed by atoms with Crippen LogP contribution in [-0.2, 0) is 9.53 Å². The number of carboxylic acids is 1. The van der Waals surface area contributed by atoms with Gasteiger partial charge in [-0.1, -0.05) is 11.6 Å². The molecule has 0 saturated carbocycles. The second-order valence-electron chi connectivity index (χ2n) is 6.27. The van der Waals surface area contributed by atoms with Gasteiger partial charge in [0.15, 0.2) is 6.61 Å². The molecule has 0 radical (unpaired) electrons. The van der Waals surface area contributed by atoms with E-state index in [0.717, 1.165) is 0 Å². The van der Waals surface area contributed by atoms with Gasteiger partial charge in [0.1, 0.15) is 5.75 Å². The Kier molecular flexibility index (Phi) is 6.69. The summed E-state index contributed by atoms with van der Waals surface area (Å²) in [6, 6.07) is 10.5. The number of aromatic carboxylic acids is 1. The predicted molar refractivity (Wildman–Crippen MR) is 106 cm³/mol. The lowest BCUT2D eigenvalue weighted by molar-refractivity contribution is -0.118. The largest absolute Gasteiger partial charge is 0.484 e. The zero-order chi connectivity index (χ0) is 20.8. The van der Waals surface area contributed by atoms with Crippen molar-refractivity contribution in [3.05, 3.63) is 58.6 Å². The third-order valence-corrected chi connectivity index (χ3v) is 4.59. The van der Waals surface area contributed by atoms with Crippen LogP contribution in [0.2, 0.25) is 5.02 Å². The van der Waals surface area contributed by atoms with Crippen LogP contribution in [0.5, 0.6) is 5.75 Å². The van der Waals surface area contributed by atoms with Gasteiger partial charge in [0.2, 0.25) is 0 Å². The number of rotatable bonds is 6. The van der Waals surface area contributed by atoms with Crippen LogP contribution in [-0.4, -0.2) is 60.7 Å². The number of carbonyl (C=O) groups excluding carboxylic acids is 2. The Hall–Kier alpha value is -3.10. The van der Waals surface area contributed by atoms with Gasteiger partial charge >= 0.3 is 5.97 Å². The number of benzene rings is 2. The number of hydrogen-bond donors (Lipinski definition) is 2. The predicted octanol–water partition coefficient (Wildman–Crippen LogP) is 2.53. The number of morpholine rings is 1. The number of amides is 2. The molecular weight excluding hydrogens is 400 g/mol. The molecule has 1 aliphatic heterocycles. The van der Waals surface area contributed by atoms with Crippen molar-refractivity contribution in [1.82, 2.24) is 4.90 Å². The maximum atomic E-state index is 12.4. The van der Waals surface area contributed by atoms with E-state index < -0.39 is 11.9 Å². The fraction of sp³-hybridized carbons (Fsp3) is 0.250. The van der Waals surface area contributed by atoms with Crippen molar-refractivity contribution in [1.29, 1.82) is 0 Å². The van der Waals surface area contributed by atoms with E-state index >= 15 is 0 Å². The molecule has 1 saturated heterocycles. The Balaban J connectivity index is 1.54. The first kappa shape index (κ1) is 20.6. The molecule has 0 aromatic heterocycles. The van der Waals surface area contributed by atoms with Gasteiger partial charge in [0.25, 0.3) is 11.8 Å². The number of nitrogens with one attached hydrogen (secondary N) is 1. The lowest BCUT2D eigenvalue weighted by Gasteiger charge is -2.26. The lowest BCUT2D eigenvalue weighted by Crippen LogP contribution is -2.40. The highest BCUT2D eigenvalue weighted by atomic mass is 35.5. The third-order valence-electron chi connectivity index (χ3n) is 4.26. The summed E-state index contributed by atoms with van der Waals surface area (Å²) in [7, 11) is 0. The van der Waals surface area contributed by atoms with E-state index in [9.17, 15) is 14.4 Å². The van der Waals surface area contributed by atoms with Crippen LogP contribution in [0.4, 0.5) is 5.69 Å². The van der Waals surface area contributed by atoms with Crippen LogP contribution in [0, 0.1) is 0 Å². The second-order valence-corrected chi connectivity index (χ2v) is 6.67. The average molecular weight is 419 g/mol. The summed E-state index contributed by atoms with van der Waals surface area (Å²) in [5, 5.41) is 11.8. The Morgan fingerprint density at radius 3 is 2.38 bits per heavy atom. The molecule has 1 aliphatic rings. The minimum Gasteiger partial charge on any atom is -0.484 e. The highest BCUT2D eigenvalue weighted by Crippen LogP contribution is 2.23. The number of carbonyl (C=O) groups is 3. The molecule has 0 atom stereocenters. The quantitative estimate of drug-likeness (QED) is 0.746. The minimum atomic E-state index is -1.12. The molecule has 1 fully saturated rings. The van der Waals surface area contributed by atoms with Gasteiger partial charge in [0.05, 0.1) is 29.5 Å². The van der Waals surface area contributed by atoms with Crippen LogP contribution in [0.15, 0.2) is 42.5 Å².